The number of nitrogens with zero attached hydrogens (tertiary/aromatic N) is 2. The van der Waals surface area contributed by atoms with Crippen LogP contribution in [0.25, 0.3) is 0 Å². The van der Waals surface area contributed by atoms with Crippen LogP contribution in [0.2, 0.25) is 5.02 Å². The molecule has 2 aromatic carbocycles. The number of ether oxygens (including phenoxy) is 1. The average Bonchev–Trinajstić information content (AvgIpc) is 2.78. The Hall–Kier alpha value is -2.78. The van der Waals surface area contributed by atoms with E-state index in [4.69, 9.17) is 16.3 Å². The first-order valence-corrected chi connectivity index (χ1v) is 13.9. The highest BCUT2D eigenvalue weighted by Gasteiger charge is 2.29. The van der Waals surface area contributed by atoms with E-state index >= 15 is 0 Å². The van der Waals surface area contributed by atoms with E-state index in [-0.39, 0.29) is 37.7 Å². The largest absolute Gasteiger partial charge is 0.495 e. The van der Waals surface area contributed by atoms with Crippen LogP contribution in [0.1, 0.15) is 46.1 Å². The molecule has 1 unspecified atom stereocenters. The molecule has 0 bridgehead atoms. The zero-order valence-electron chi connectivity index (χ0n) is 21.7. The van der Waals surface area contributed by atoms with Gasteiger partial charge in [-0.05, 0) is 63.9 Å². The molecule has 0 spiro atoms. The smallest absolute Gasteiger partial charge is 0.242 e. The van der Waals surface area contributed by atoms with Gasteiger partial charge in [-0.1, -0.05) is 35.9 Å². The summed E-state index contributed by atoms with van der Waals surface area (Å²) in [5.74, 6) is -0.117. The van der Waals surface area contributed by atoms with Crippen molar-refractivity contribution >= 4 is 39.1 Å². The summed E-state index contributed by atoms with van der Waals surface area (Å²) in [6.45, 7) is 7.58. The minimum Gasteiger partial charge on any atom is -0.495 e. The number of amides is 2. The predicted octanol–water partition coefficient (Wildman–Crippen LogP) is 4.23. The van der Waals surface area contributed by atoms with Crippen LogP contribution in [0, 0.1) is 0 Å². The Bertz CT molecular complexity index is 1160. The van der Waals surface area contributed by atoms with Crippen molar-refractivity contribution in [1.29, 1.82) is 0 Å². The number of sulfonamides is 1. The molecule has 0 saturated carbocycles. The molecule has 0 aromatic heterocycles. The van der Waals surface area contributed by atoms with Crippen molar-refractivity contribution < 1.29 is 22.7 Å². The van der Waals surface area contributed by atoms with Crippen LogP contribution in [0.3, 0.4) is 0 Å². The van der Waals surface area contributed by atoms with Crippen LogP contribution < -0.4 is 14.4 Å². The summed E-state index contributed by atoms with van der Waals surface area (Å²) in [5.41, 5.74) is 0.739. The third kappa shape index (κ3) is 8.71. The molecule has 10 heteroatoms. The van der Waals surface area contributed by atoms with Crippen LogP contribution in [0.4, 0.5) is 5.69 Å². The molecule has 36 heavy (non-hydrogen) atoms. The molecular formula is C26H36ClN3O5S. The minimum absolute atomic E-state index is 0.0505. The van der Waals surface area contributed by atoms with E-state index in [2.05, 4.69) is 5.32 Å². The van der Waals surface area contributed by atoms with Crippen molar-refractivity contribution in [2.75, 3.05) is 24.2 Å². The lowest BCUT2D eigenvalue weighted by atomic mass is 10.1. The molecule has 0 aliphatic heterocycles. The third-order valence-corrected chi connectivity index (χ3v) is 6.83. The number of carbonyl (C=O) groups is 2. The second-order valence-corrected chi connectivity index (χ2v) is 12.0. The number of halogens is 1. The van der Waals surface area contributed by atoms with E-state index in [0.29, 0.717) is 16.5 Å². The molecule has 0 aliphatic carbocycles. The summed E-state index contributed by atoms with van der Waals surface area (Å²) in [6, 6.07) is 13.2. The minimum atomic E-state index is -3.62. The summed E-state index contributed by atoms with van der Waals surface area (Å²) < 4.78 is 31.6. The van der Waals surface area contributed by atoms with Gasteiger partial charge in [-0.2, -0.15) is 0 Å². The number of rotatable bonds is 11. The van der Waals surface area contributed by atoms with Gasteiger partial charge in [-0.15, -0.1) is 0 Å². The van der Waals surface area contributed by atoms with Gasteiger partial charge < -0.3 is 15.0 Å². The maximum absolute atomic E-state index is 13.4. The van der Waals surface area contributed by atoms with E-state index in [0.717, 1.165) is 11.8 Å². The van der Waals surface area contributed by atoms with E-state index in [1.54, 1.807) is 49.4 Å². The van der Waals surface area contributed by atoms with E-state index in [9.17, 15) is 18.0 Å². The number of carbonyl (C=O) groups excluding carboxylic acids is 2. The quantitative estimate of drug-likeness (QED) is 0.463. The average molecular weight is 538 g/mol. The van der Waals surface area contributed by atoms with Crippen molar-refractivity contribution in [3.63, 3.8) is 0 Å². The van der Waals surface area contributed by atoms with Gasteiger partial charge in [-0.3, -0.25) is 13.9 Å². The number of para-hydroxylation sites is 2. The first-order valence-electron chi connectivity index (χ1n) is 11.7. The maximum Gasteiger partial charge on any atom is 0.242 e. The van der Waals surface area contributed by atoms with Gasteiger partial charge in [0.1, 0.15) is 11.8 Å². The number of anilines is 1. The SMILES string of the molecule is COc1ccccc1N(CCCC(=O)N(Cc1cccc(Cl)c1)C(C)C(=O)NC(C)(C)C)S(C)(=O)=O. The third-order valence-electron chi connectivity index (χ3n) is 5.41. The molecule has 198 valence electrons. The van der Waals surface area contributed by atoms with Gasteiger partial charge in [0.2, 0.25) is 21.8 Å². The fourth-order valence-electron chi connectivity index (χ4n) is 3.71. The lowest BCUT2D eigenvalue weighted by molar-refractivity contribution is -0.141. The topological polar surface area (TPSA) is 96.0 Å². The molecule has 1 atom stereocenters. The fraction of sp³-hybridized carbons (Fsp3) is 0.462. The van der Waals surface area contributed by atoms with Gasteiger partial charge >= 0.3 is 0 Å². The Morgan fingerprint density at radius 1 is 1.11 bits per heavy atom. The van der Waals surface area contributed by atoms with Crippen LogP contribution in [-0.4, -0.2) is 56.6 Å². The molecule has 0 fully saturated rings. The Kier molecular flexibility index (Phi) is 10.2. The van der Waals surface area contributed by atoms with Crippen LogP contribution in [0.5, 0.6) is 5.75 Å². The number of hydrogen-bond acceptors (Lipinski definition) is 5. The predicted molar refractivity (Wildman–Crippen MR) is 144 cm³/mol. The molecule has 1 N–H and O–H groups in total. The van der Waals surface area contributed by atoms with Gasteiger partial charge in [-0.25, -0.2) is 8.42 Å². The number of nitrogens with one attached hydrogen (secondary N) is 1. The summed E-state index contributed by atoms with van der Waals surface area (Å²) in [4.78, 5) is 27.8. The fourth-order valence-corrected chi connectivity index (χ4v) is 4.89. The second kappa shape index (κ2) is 12.5. The van der Waals surface area contributed by atoms with E-state index in [1.165, 1.54) is 16.3 Å². The number of methoxy groups -OCH3 is 1. The zero-order chi connectivity index (χ0) is 27.1. The molecule has 8 nitrogen and oxygen atoms in total. The Morgan fingerprint density at radius 2 is 1.78 bits per heavy atom. The van der Waals surface area contributed by atoms with E-state index in [1.807, 2.05) is 26.8 Å². The second-order valence-electron chi connectivity index (χ2n) is 9.68. The normalized spacial score (nSPS) is 12.5. The molecular weight excluding hydrogens is 502 g/mol. The lowest BCUT2D eigenvalue weighted by Crippen LogP contribution is -2.52. The van der Waals surface area contributed by atoms with Crippen LogP contribution >= 0.6 is 11.6 Å². The summed E-state index contributed by atoms with van der Waals surface area (Å²) >= 11 is 6.13. The van der Waals surface area contributed by atoms with Crippen molar-refractivity contribution in [1.82, 2.24) is 10.2 Å². The van der Waals surface area contributed by atoms with Crippen LogP contribution in [0.15, 0.2) is 48.5 Å². The van der Waals surface area contributed by atoms with Crippen molar-refractivity contribution in [3.8, 4) is 5.75 Å². The molecule has 0 saturated heterocycles. The first-order chi connectivity index (χ1) is 16.7. The molecule has 0 aliphatic rings. The van der Waals surface area contributed by atoms with Crippen molar-refractivity contribution in [2.45, 2.75) is 58.7 Å². The Balaban J connectivity index is 2.22. The molecule has 0 heterocycles. The first kappa shape index (κ1) is 29.5. The standard InChI is InChI=1S/C26H36ClN3O5S/c1-19(25(32)28-26(2,3)4)29(18-20-11-9-12-21(27)17-20)24(31)15-10-16-30(36(6,33)34)22-13-7-8-14-23(22)35-5/h7-9,11-14,17,19H,10,15-16,18H2,1-6H3,(H,28,32). The Labute approximate surface area is 219 Å². The van der Waals surface area contributed by atoms with Crippen molar-refractivity contribution in [2.24, 2.45) is 0 Å². The molecule has 2 rings (SSSR count). The lowest BCUT2D eigenvalue weighted by Gasteiger charge is -2.32. The molecule has 0 radical (unpaired) electrons. The van der Waals surface area contributed by atoms with Gasteiger partial charge in [0, 0.05) is 30.1 Å². The number of benzene rings is 2. The van der Waals surface area contributed by atoms with Gasteiger partial charge in [0.15, 0.2) is 0 Å². The number of hydrogen-bond donors (Lipinski definition) is 1. The van der Waals surface area contributed by atoms with Crippen molar-refractivity contribution in [3.05, 3.63) is 59.1 Å². The summed E-state index contributed by atoms with van der Waals surface area (Å²) in [6.07, 6.45) is 1.42. The van der Waals surface area contributed by atoms with Gasteiger partial charge in [0.05, 0.1) is 19.1 Å². The highest BCUT2D eigenvalue weighted by atomic mass is 35.5. The van der Waals surface area contributed by atoms with Gasteiger partial charge in [0.25, 0.3) is 0 Å². The highest BCUT2D eigenvalue weighted by Crippen LogP contribution is 2.29. The molecule has 2 aromatic rings. The maximum atomic E-state index is 13.4. The zero-order valence-corrected chi connectivity index (χ0v) is 23.3. The Morgan fingerprint density at radius 3 is 2.36 bits per heavy atom. The van der Waals surface area contributed by atoms with E-state index < -0.39 is 21.6 Å². The highest BCUT2D eigenvalue weighted by molar-refractivity contribution is 7.92. The summed E-state index contributed by atoms with van der Waals surface area (Å²) in [5, 5.41) is 3.45. The summed E-state index contributed by atoms with van der Waals surface area (Å²) in [7, 11) is -2.15. The molecule has 2 amide bonds. The van der Waals surface area contributed by atoms with Crippen LogP contribution in [-0.2, 0) is 26.2 Å². The monoisotopic (exact) mass is 537 g/mol.